The Bertz CT molecular complexity index is 521. The molecule has 0 amide bonds. The summed E-state index contributed by atoms with van der Waals surface area (Å²) in [5, 5.41) is 20.7. The van der Waals surface area contributed by atoms with Gasteiger partial charge < -0.3 is 30.2 Å². The van der Waals surface area contributed by atoms with Crippen molar-refractivity contribution >= 4 is 5.97 Å². The van der Waals surface area contributed by atoms with Crippen molar-refractivity contribution in [1.82, 2.24) is 0 Å². The van der Waals surface area contributed by atoms with Crippen molar-refractivity contribution in [3.63, 3.8) is 0 Å². The zero-order valence-corrected chi connectivity index (χ0v) is 15.1. The number of aryl methyl sites for hydroxylation is 1. The van der Waals surface area contributed by atoms with E-state index >= 15 is 0 Å². The van der Waals surface area contributed by atoms with E-state index in [0.29, 0.717) is 19.4 Å². The molecular formula is C18H29NO6. The Morgan fingerprint density at radius 3 is 2.40 bits per heavy atom. The van der Waals surface area contributed by atoms with Crippen molar-refractivity contribution in [2.24, 2.45) is 5.73 Å². The van der Waals surface area contributed by atoms with Crippen LogP contribution in [0.1, 0.15) is 25.3 Å². The lowest BCUT2D eigenvalue weighted by atomic mass is 9.85. The fourth-order valence-corrected chi connectivity index (χ4v) is 2.63. The van der Waals surface area contributed by atoms with Gasteiger partial charge in [0, 0.05) is 7.11 Å². The topological polar surface area (TPSA) is 111 Å². The summed E-state index contributed by atoms with van der Waals surface area (Å²) >= 11 is 0. The minimum absolute atomic E-state index is 0.0800. The van der Waals surface area contributed by atoms with Crippen molar-refractivity contribution in [3.8, 4) is 5.75 Å². The Morgan fingerprint density at radius 1 is 1.24 bits per heavy atom. The van der Waals surface area contributed by atoms with Gasteiger partial charge in [0.05, 0.1) is 38.4 Å². The van der Waals surface area contributed by atoms with Gasteiger partial charge in [-0.15, -0.1) is 0 Å². The number of methoxy groups -OCH3 is 2. The van der Waals surface area contributed by atoms with Crippen LogP contribution in [0, 0.1) is 0 Å². The molecule has 0 fully saturated rings. The maximum absolute atomic E-state index is 11.5. The molecule has 0 saturated carbocycles. The number of hydrogen-bond acceptors (Lipinski definition) is 7. The summed E-state index contributed by atoms with van der Waals surface area (Å²) < 4.78 is 15.0. The van der Waals surface area contributed by atoms with Crippen LogP contribution >= 0.6 is 0 Å². The third kappa shape index (κ3) is 6.62. The molecule has 0 aromatic heterocycles. The SMILES string of the molecule is CCOc1ccc(CCC(O)C(O)C(N)(COC)CC(=O)OC)cc1. The first kappa shape index (κ1) is 21.4. The van der Waals surface area contributed by atoms with Gasteiger partial charge in [-0.05, 0) is 37.5 Å². The van der Waals surface area contributed by atoms with Gasteiger partial charge in [0.15, 0.2) is 0 Å². The summed E-state index contributed by atoms with van der Waals surface area (Å²) in [5.74, 6) is 0.211. The minimum Gasteiger partial charge on any atom is -0.494 e. The average molecular weight is 355 g/mol. The zero-order valence-electron chi connectivity index (χ0n) is 15.1. The fourth-order valence-electron chi connectivity index (χ4n) is 2.63. The Balaban J connectivity index is 2.66. The van der Waals surface area contributed by atoms with Gasteiger partial charge in [0.25, 0.3) is 0 Å². The highest BCUT2D eigenvalue weighted by Gasteiger charge is 2.40. The van der Waals surface area contributed by atoms with Crippen molar-refractivity contribution in [1.29, 1.82) is 0 Å². The summed E-state index contributed by atoms with van der Waals surface area (Å²) in [6, 6.07) is 7.53. The lowest BCUT2D eigenvalue weighted by molar-refractivity contribution is -0.146. The molecule has 4 N–H and O–H groups in total. The van der Waals surface area contributed by atoms with Crippen LogP contribution in [0.25, 0.3) is 0 Å². The molecule has 3 atom stereocenters. The second-order valence-corrected chi connectivity index (χ2v) is 6.05. The van der Waals surface area contributed by atoms with E-state index in [2.05, 4.69) is 4.74 Å². The van der Waals surface area contributed by atoms with E-state index in [1.807, 2.05) is 31.2 Å². The number of benzene rings is 1. The molecule has 142 valence electrons. The molecule has 0 aliphatic carbocycles. The Hall–Kier alpha value is -1.67. The minimum atomic E-state index is -1.42. The number of carbonyl (C=O) groups excluding carboxylic acids is 1. The lowest BCUT2D eigenvalue weighted by Crippen LogP contribution is -2.60. The molecule has 0 heterocycles. The molecule has 1 aromatic rings. The van der Waals surface area contributed by atoms with Crippen LogP contribution in [-0.4, -0.2) is 61.4 Å². The van der Waals surface area contributed by atoms with E-state index < -0.39 is 23.7 Å². The van der Waals surface area contributed by atoms with Crippen LogP contribution in [0.15, 0.2) is 24.3 Å². The van der Waals surface area contributed by atoms with Crippen LogP contribution in [0.3, 0.4) is 0 Å². The number of nitrogens with two attached hydrogens (primary N) is 1. The molecule has 7 heteroatoms. The number of hydrogen-bond donors (Lipinski definition) is 3. The molecule has 0 bridgehead atoms. The highest BCUT2D eigenvalue weighted by atomic mass is 16.5. The maximum Gasteiger partial charge on any atom is 0.307 e. The van der Waals surface area contributed by atoms with Gasteiger partial charge in [-0.1, -0.05) is 12.1 Å². The summed E-state index contributed by atoms with van der Waals surface area (Å²) in [4.78, 5) is 11.5. The number of ether oxygens (including phenoxy) is 3. The molecule has 0 spiro atoms. The van der Waals surface area contributed by atoms with Gasteiger partial charge in [0.2, 0.25) is 0 Å². The number of aliphatic hydroxyl groups is 2. The van der Waals surface area contributed by atoms with Gasteiger partial charge in [-0.2, -0.15) is 0 Å². The molecule has 0 aliphatic rings. The number of esters is 1. The predicted molar refractivity (Wildman–Crippen MR) is 93.4 cm³/mol. The Morgan fingerprint density at radius 2 is 1.88 bits per heavy atom. The van der Waals surface area contributed by atoms with Crippen molar-refractivity contribution in [3.05, 3.63) is 29.8 Å². The second kappa shape index (κ2) is 10.4. The van der Waals surface area contributed by atoms with Gasteiger partial charge >= 0.3 is 5.97 Å². The van der Waals surface area contributed by atoms with Crippen molar-refractivity contribution < 1.29 is 29.2 Å². The van der Waals surface area contributed by atoms with Crippen LogP contribution in [0.4, 0.5) is 0 Å². The van der Waals surface area contributed by atoms with E-state index in [4.69, 9.17) is 15.2 Å². The summed E-state index contributed by atoms with van der Waals surface area (Å²) in [6.07, 6.45) is -1.84. The maximum atomic E-state index is 11.5. The van der Waals surface area contributed by atoms with Crippen LogP contribution in [0.2, 0.25) is 0 Å². The van der Waals surface area contributed by atoms with E-state index in [-0.39, 0.29) is 13.0 Å². The highest BCUT2D eigenvalue weighted by Crippen LogP contribution is 2.21. The van der Waals surface area contributed by atoms with Crippen molar-refractivity contribution in [2.75, 3.05) is 27.4 Å². The first-order chi connectivity index (χ1) is 11.9. The first-order valence-electron chi connectivity index (χ1n) is 8.28. The molecule has 0 aliphatic heterocycles. The van der Waals surface area contributed by atoms with E-state index in [9.17, 15) is 15.0 Å². The van der Waals surface area contributed by atoms with Crippen molar-refractivity contribution in [2.45, 2.75) is 43.9 Å². The molecular weight excluding hydrogens is 326 g/mol. The third-order valence-electron chi connectivity index (χ3n) is 4.03. The third-order valence-corrected chi connectivity index (χ3v) is 4.03. The molecule has 0 radical (unpaired) electrons. The van der Waals surface area contributed by atoms with E-state index in [1.165, 1.54) is 14.2 Å². The van der Waals surface area contributed by atoms with Gasteiger partial charge in [-0.3, -0.25) is 4.79 Å². The zero-order chi connectivity index (χ0) is 18.9. The average Bonchev–Trinajstić information content (AvgIpc) is 2.60. The highest BCUT2D eigenvalue weighted by molar-refractivity contribution is 5.70. The van der Waals surface area contributed by atoms with Crippen LogP contribution < -0.4 is 10.5 Å². The van der Waals surface area contributed by atoms with Crippen LogP contribution in [-0.2, 0) is 20.7 Å². The number of carbonyl (C=O) groups is 1. The monoisotopic (exact) mass is 355 g/mol. The molecule has 3 unspecified atom stereocenters. The molecule has 1 rings (SSSR count). The predicted octanol–water partition coefficient (Wildman–Crippen LogP) is 0.647. The molecule has 25 heavy (non-hydrogen) atoms. The number of aliphatic hydroxyl groups excluding tert-OH is 2. The first-order valence-corrected chi connectivity index (χ1v) is 8.28. The quantitative estimate of drug-likeness (QED) is 0.500. The largest absolute Gasteiger partial charge is 0.494 e. The van der Waals surface area contributed by atoms with Crippen LogP contribution in [0.5, 0.6) is 5.75 Å². The standard InChI is InChI=1S/C18H29NO6/c1-4-25-14-8-5-13(6-9-14)7-10-15(20)17(22)18(19,12-23-2)11-16(21)24-3/h5-6,8-9,15,17,20,22H,4,7,10-12,19H2,1-3H3. The smallest absolute Gasteiger partial charge is 0.307 e. The summed E-state index contributed by atoms with van der Waals surface area (Å²) in [6.45, 7) is 2.44. The molecule has 1 aromatic carbocycles. The Kier molecular flexibility index (Phi) is 8.85. The lowest BCUT2D eigenvalue weighted by Gasteiger charge is -2.35. The van der Waals surface area contributed by atoms with Gasteiger partial charge in [-0.25, -0.2) is 0 Å². The normalized spacial score (nSPS) is 15.9. The van der Waals surface area contributed by atoms with E-state index in [1.54, 1.807) is 0 Å². The molecule has 0 saturated heterocycles. The Labute approximate surface area is 148 Å². The molecule has 7 nitrogen and oxygen atoms in total. The fraction of sp³-hybridized carbons (Fsp3) is 0.611. The second-order valence-electron chi connectivity index (χ2n) is 6.05. The summed E-state index contributed by atoms with van der Waals surface area (Å²) in [5.41, 5.74) is 5.68. The van der Waals surface area contributed by atoms with Gasteiger partial charge in [0.1, 0.15) is 11.9 Å². The number of rotatable bonds is 11. The van der Waals surface area contributed by atoms with E-state index in [0.717, 1.165) is 11.3 Å². The summed E-state index contributed by atoms with van der Waals surface area (Å²) in [7, 11) is 2.65.